The molecule has 4 atom stereocenters. The number of rotatable bonds is 2. The van der Waals surface area contributed by atoms with Crippen LogP contribution >= 0.6 is 11.8 Å². The van der Waals surface area contributed by atoms with Gasteiger partial charge < -0.3 is 0 Å². The van der Waals surface area contributed by atoms with E-state index in [0.717, 1.165) is 37.3 Å². The van der Waals surface area contributed by atoms with Gasteiger partial charge in [0.25, 0.3) is 0 Å². The molecule has 1 saturated carbocycles. The van der Waals surface area contributed by atoms with E-state index in [0.29, 0.717) is 5.78 Å². The SMILES string of the molecule is CC[C@]12C=CCN3CC[C@]4(C(=Nc5ccccc54)C(SC)C1=O)[C@@H]32. The Morgan fingerprint density at radius 3 is 3.00 bits per heavy atom. The number of hydrogen-bond donors (Lipinski definition) is 0. The summed E-state index contributed by atoms with van der Waals surface area (Å²) in [6, 6.07) is 8.80. The lowest BCUT2D eigenvalue weighted by Crippen LogP contribution is -2.68. The maximum Gasteiger partial charge on any atom is 0.163 e. The Bertz CT molecular complexity index is 801. The fourth-order valence-corrected chi connectivity index (χ4v) is 6.72. The highest BCUT2D eigenvalue weighted by atomic mass is 32.2. The number of aliphatic imine (C=N–C) groups is 1. The quantitative estimate of drug-likeness (QED) is 0.775. The van der Waals surface area contributed by atoms with Crippen molar-refractivity contribution in [2.75, 3.05) is 19.3 Å². The summed E-state index contributed by atoms with van der Waals surface area (Å²) in [4.78, 5) is 21.1. The zero-order valence-corrected chi connectivity index (χ0v) is 15.0. The molecule has 0 amide bonds. The molecule has 124 valence electrons. The summed E-state index contributed by atoms with van der Waals surface area (Å²) in [6.45, 7) is 4.19. The molecule has 3 nitrogen and oxygen atoms in total. The van der Waals surface area contributed by atoms with Crippen molar-refractivity contribution in [1.82, 2.24) is 4.90 Å². The first-order valence-corrected chi connectivity index (χ1v) is 10.2. The van der Waals surface area contributed by atoms with Gasteiger partial charge in [-0.1, -0.05) is 37.3 Å². The van der Waals surface area contributed by atoms with Crippen molar-refractivity contribution in [3.63, 3.8) is 0 Å². The minimum Gasteiger partial charge on any atom is -0.297 e. The molecule has 1 aliphatic carbocycles. The third-order valence-electron chi connectivity index (χ3n) is 6.72. The van der Waals surface area contributed by atoms with E-state index in [2.05, 4.69) is 54.5 Å². The van der Waals surface area contributed by atoms with Gasteiger partial charge in [0, 0.05) is 19.1 Å². The average molecular weight is 338 g/mol. The number of para-hydroxylation sites is 1. The lowest BCUT2D eigenvalue weighted by Gasteiger charge is -2.54. The van der Waals surface area contributed by atoms with E-state index in [1.165, 1.54) is 5.56 Å². The number of nitrogens with zero attached hydrogens (tertiary/aromatic N) is 2. The highest BCUT2D eigenvalue weighted by Crippen LogP contribution is 2.61. The molecule has 0 aromatic heterocycles. The van der Waals surface area contributed by atoms with Crippen molar-refractivity contribution < 1.29 is 4.79 Å². The molecule has 0 radical (unpaired) electrons. The summed E-state index contributed by atoms with van der Waals surface area (Å²) in [5.41, 5.74) is 3.14. The third kappa shape index (κ3) is 1.46. The van der Waals surface area contributed by atoms with Crippen molar-refractivity contribution in [2.45, 2.75) is 36.5 Å². The number of fused-ring (bicyclic) bond motifs is 1. The third-order valence-corrected chi connectivity index (χ3v) is 7.63. The Labute approximate surface area is 147 Å². The first kappa shape index (κ1) is 14.9. The van der Waals surface area contributed by atoms with E-state index >= 15 is 0 Å². The summed E-state index contributed by atoms with van der Waals surface area (Å²) < 4.78 is 0. The molecule has 0 bridgehead atoms. The highest BCUT2D eigenvalue weighted by Gasteiger charge is 2.69. The molecule has 5 rings (SSSR count). The van der Waals surface area contributed by atoms with Crippen molar-refractivity contribution >= 4 is 28.9 Å². The number of benzene rings is 1. The first-order valence-electron chi connectivity index (χ1n) is 8.86. The van der Waals surface area contributed by atoms with Crippen LogP contribution in [0.1, 0.15) is 25.3 Å². The molecule has 24 heavy (non-hydrogen) atoms. The molecule has 3 aliphatic heterocycles. The number of thioether (sulfide) groups is 1. The predicted molar refractivity (Wildman–Crippen MR) is 99.4 cm³/mol. The molecule has 2 fully saturated rings. The van der Waals surface area contributed by atoms with Crippen LogP contribution in [0.3, 0.4) is 0 Å². The summed E-state index contributed by atoms with van der Waals surface area (Å²) in [5.74, 6) is 0.368. The zero-order chi connectivity index (χ0) is 16.5. The zero-order valence-electron chi connectivity index (χ0n) is 14.2. The van der Waals surface area contributed by atoms with E-state index in [1.807, 2.05) is 0 Å². The Balaban J connectivity index is 1.84. The van der Waals surface area contributed by atoms with Crippen molar-refractivity contribution in [2.24, 2.45) is 10.4 Å². The lowest BCUT2D eigenvalue weighted by atomic mass is 9.53. The van der Waals surface area contributed by atoms with E-state index in [4.69, 9.17) is 4.99 Å². The Hall–Kier alpha value is -1.39. The minimum atomic E-state index is -0.362. The van der Waals surface area contributed by atoms with Gasteiger partial charge >= 0.3 is 0 Å². The van der Waals surface area contributed by atoms with Gasteiger partial charge in [0.15, 0.2) is 5.78 Å². The summed E-state index contributed by atoms with van der Waals surface area (Å²) in [5, 5.41) is -0.115. The fraction of sp³-hybridized carbons (Fsp3) is 0.500. The maximum absolute atomic E-state index is 13.6. The second-order valence-electron chi connectivity index (χ2n) is 7.41. The van der Waals surface area contributed by atoms with Gasteiger partial charge in [-0.3, -0.25) is 14.7 Å². The van der Waals surface area contributed by atoms with Crippen molar-refractivity contribution in [1.29, 1.82) is 0 Å². The van der Waals surface area contributed by atoms with E-state index < -0.39 is 0 Å². The number of Topliss-reactive ketones (excluding diaryl/α,β-unsaturated/α-hetero) is 1. The maximum atomic E-state index is 13.6. The van der Waals surface area contributed by atoms with Gasteiger partial charge in [0.05, 0.1) is 22.2 Å². The number of carbonyl (C=O) groups excluding carboxylic acids is 1. The minimum absolute atomic E-state index is 0.0705. The van der Waals surface area contributed by atoms with E-state index in [-0.39, 0.29) is 22.1 Å². The van der Waals surface area contributed by atoms with Crippen LogP contribution in [0.4, 0.5) is 5.69 Å². The van der Waals surface area contributed by atoms with Crippen LogP contribution in [0.25, 0.3) is 0 Å². The predicted octanol–water partition coefficient (Wildman–Crippen LogP) is 3.37. The van der Waals surface area contributed by atoms with E-state index in [9.17, 15) is 4.79 Å². The monoisotopic (exact) mass is 338 g/mol. The molecule has 3 heterocycles. The van der Waals surface area contributed by atoms with E-state index in [1.54, 1.807) is 11.8 Å². The van der Waals surface area contributed by atoms with Crippen LogP contribution in [0, 0.1) is 5.41 Å². The second kappa shape index (κ2) is 4.83. The highest BCUT2D eigenvalue weighted by molar-refractivity contribution is 8.00. The number of hydrogen-bond acceptors (Lipinski definition) is 4. The molecular weight excluding hydrogens is 316 g/mol. The first-order chi connectivity index (χ1) is 11.7. The van der Waals surface area contributed by atoms with Crippen LogP contribution < -0.4 is 0 Å². The Morgan fingerprint density at radius 2 is 2.21 bits per heavy atom. The van der Waals surface area contributed by atoms with Crippen LogP contribution in [0.2, 0.25) is 0 Å². The van der Waals surface area contributed by atoms with Gasteiger partial charge in [-0.05, 0) is 30.7 Å². The lowest BCUT2D eigenvalue weighted by molar-refractivity contribution is -0.130. The van der Waals surface area contributed by atoms with Gasteiger partial charge in [-0.2, -0.15) is 0 Å². The standard InChI is InChI=1S/C20H22N2OS/c1-3-19-9-6-11-22-12-10-20(18(19)22)13-7-4-5-8-14(13)21-16(20)15(24-2)17(19)23/h4-9,15,18H,3,10-12H2,1-2H3/t15?,18-,19-,20-/m0/s1. The molecule has 1 saturated heterocycles. The summed E-state index contributed by atoms with van der Waals surface area (Å²) in [6.07, 6.45) is 8.48. The molecule has 1 aromatic carbocycles. The summed E-state index contributed by atoms with van der Waals surface area (Å²) >= 11 is 1.67. The van der Waals surface area contributed by atoms with Gasteiger partial charge in [-0.25, -0.2) is 0 Å². The smallest absolute Gasteiger partial charge is 0.163 e. The largest absolute Gasteiger partial charge is 0.297 e. The van der Waals surface area contributed by atoms with Crippen molar-refractivity contribution in [3.05, 3.63) is 42.0 Å². The van der Waals surface area contributed by atoms with Gasteiger partial charge in [0.1, 0.15) is 5.25 Å². The van der Waals surface area contributed by atoms with Gasteiger partial charge in [-0.15, -0.1) is 11.8 Å². The molecule has 1 aromatic rings. The number of ketones is 1. The Kier molecular flexibility index (Phi) is 3.00. The summed E-state index contributed by atoms with van der Waals surface area (Å²) in [7, 11) is 0. The van der Waals surface area contributed by atoms with Crippen LogP contribution in [0.15, 0.2) is 41.4 Å². The second-order valence-corrected chi connectivity index (χ2v) is 8.35. The average Bonchev–Trinajstić information content (AvgIpc) is 3.17. The molecule has 4 aliphatic rings. The number of carbonyl (C=O) groups is 1. The fourth-order valence-electron chi connectivity index (χ4n) is 5.80. The molecule has 0 N–H and O–H groups in total. The normalized spacial score (nSPS) is 39.4. The van der Waals surface area contributed by atoms with Crippen LogP contribution in [0.5, 0.6) is 0 Å². The van der Waals surface area contributed by atoms with Crippen LogP contribution in [-0.2, 0) is 10.2 Å². The molecule has 1 spiro atoms. The molecule has 4 heteroatoms. The van der Waals surface area contributed by atoms with Gasteiger partial charge in [0.2, 0.25) is 0 Å². The Morgan fingerprint density at radius 1 is 1.38 bits per heavy atom. The molecular formula is C20H22N2OS. The topological polar surface area (TPSA) is 32.7 Å². The van der Waals surface area contributed by atoms with Crippen molar-refractivity contribution in [3.8, 4) is 0 Å². The van der Waals surface area contributed by atoms with Crippen LogP contribution in [-0.4, -0.2) is 47.0 Å². The molecule has 1 unspecified atom stereocenters.